The Balaban J connectivity index is 2.26. The molecular formula is C15H17ClN4O3S2. The zero-order valence-electron chi connectivity index (χ0n) is 13.4. The van der Waals surface area contributed by atoms with Crippen molar-refractivity contribution in [3.05, 3.63) is 39.3 Å². The van der Waals surface area contributed by atoms with Crippen LogP contribution in [0.15, 0.2) is 39.3 Å². The van der Waals surface area contributed by atoms with Crippen molar-refractivity contribution in [1.29, 1.82) is 0 Å². The number of hydrazine groups is 1. The largest absolute Gasteiger partial charge is 0.489 e. The predicted molar refractivity (Wildman–Crippen MR) is 100 cm³/mol. The first kappa shape index (κ1) is 19.4. The van der Waals surface area contributed by atoms with Crippen molar-refractivity contribution in [2.24, 2.45) is 11.6 Å². The van der Waals surface area contributed by atoms with Gasteiger partial charge in [0.15, 0.2) is 5.70 Å². The number of benzene rings is 1. The van der Waals surface area contributed by atoms with E-state index in [0.717, 1.165) is 22.3 Å². The van der Waals surface area contributed by atoms with Crippen LogP contribution in [0.5, 0.6) is 5.75 Å². The topological polar surface area (TPSA) is 123 Å². The van der Waals surface area contributed by atoms with Crippen molar-refractivity contribution in [3.63, 3.8) is 0 Å². The fourth-order valence-electron chi connectivity index (χ4n) is 1.82. The maximum absolute atomic E-state index is 11.0. The van der Waals surface area contributed by atoms with E-state index in [4.69, 9.17) is 33.0 Å². The molecule has 0 radical (unpaired) electrons. The van der Waals surface area contributed by atoms with Crippen molar-refractivity contribution < 1.29 is 14.6 Å². The number of carbonyl (C=O) groups is 1. The van der Waals surface area contributed by atoms with Gasteiger partial charge >= 0.3 is 5.97 Å². The summed E-state index contributed by atoms with van der Waals surface area (Å²) >= 11 is 8.55. The fourth-order valence-corrected chi connectivity index (χ4v) is 3.67. The number of ether oxygens (including phenoxy) is 1. The molecule has 134 valence electrons. The molecule has 0 spiro atoms. The van der Waals surface area contributed by atoms with E-state index in [9.17, 15) is 4.79 Å². The summed E-state index contributed by atoms with van der Waals surface area (Å²) in [5.74, 6) is 4.51. The Hall–Kier alpha value is -1.94. The highest BCUT2D eigenvalue weighted by Gasteiger charge is 2.15. The zero-order chi connectivity index (χ0) is 18.6. The maximum Gasteiger partial charge on any atom is 0.356 e. The van der Waals surface area contributed by atoms with Gasteiger partial charge < -0.3 is 21.0 Å². The first-order chi connectivity index (χ1) is 11.8. The Kier molecular flexibility index (Phi) is 6.54. The number of nitrogens with one attached hydrogen (secondary N) is 1. The van der Waals surface area contributed by atoms with Gasteiger partial charge in [0.25, 0.3) is 0 Å². The van der Waals surface area contributed by atoms with E-state index in [2.05, 4.69) is 10.4 Å². The summed E-state index contributed by atoms with van der Waals surface area (Å²) in [5.41, 5.74) is 8.39. The first-order valence-electron chi connectivity index (χ1n) is 7.11. The number of carboxylic acids is 1. The summed E-state index contributed by atoms with van der Waals surface area (Å²) in [6, 6.07) is 5.41. The molecule has 0 aliphatic rings. The number of aromatic nitrogens is 1. The van der Waals surface area contributed by atoms with Crippen LogP contribution in [0.4, 0.5) is 0 Å². The van der Waals surface area contributed by atoms with Gasteiger partial charge in [-0.1, -0.05) is 17.7 Å². The van der Waals surface area contributed by atoms with E-state index < -0.39 is 5.97 Å². The molecule has 0 saturated heterocycles. The van der Waals surface area contributed by atoms with Crippen molar-refractivity contribution in [1.82, 2.24) is 10.4 Å². The number of carboxylic acid groups (broad SMARTS) is 1. The lowest BCUT2D eigenvalue weighted by Crippen LogP contribution is -2.29. The molecule has 0 aliphatic carbocycles. The summed E-state index contributed by atoms with van der Waals surface area (Å²) in [6.07, 6.45) is -0.00157. The third kappa shape index (κ3) is 5.02. The molecule has 10 heteroatoms. The molecule has 1 aromatic carbocycles. The molecule has 0 aliphatic heterocycles. The zero-order valence-corrected chi connectivity index (χ0v) is 15.8. The second-order valence-electron chi connectivity index (χ2n) is 5.09. The molecule has 2 rings (SSSR count). The lowest BCUT2D eigenvalue weighted by molar-refractivity contribution is -0.133. The number of nitrogens with zero attached hydrogens (tertiary/aromatic N) is 1. The van der Waals surface area contributed by atoms with E-state index in [-0.39, 0.29) is 16.8 Å². The van der Waals surface area contributed by atoms with Crippen molar-refractivity contribution >= 4 is 40.7 Å². The summed E-state index contributed by atoms with van der Waals surface area (Å²) in [5, 5.41) is 12.6. The van der Waals surface area contributed by atoms with Crippen LogP contribution in [-0.2, 0) is 4.79 Å². The smallest absolute Gasteiger partial charge is 0.356 e. The standard InChI is InChI=1S/C15H17ClN4O3S2/c1-7(2)23-10-5-8(3-4-9(10)16)14-19-11(6-24-14)25-13(17)12(20-18)15(21)22/h3-7,20H,17-18H2,1-2H3,(H,21,22)/b13-12+. The summed E-state index contributed by atoms with van der Waals surface area (Å²) in [4.78, 5) is 15.5. The summed E-state index contributed by atoms with van der Waals surface area (Å²) in [6.45, 7) is 3.84. The molecule has 6 N–H and O–H groups in total. The lowest BCUT2D eigenvalue weighted by atomic mass is 10.2. The van der Waals surface area contributed by atoms with Crippen LogP contribution in [0.1, 0.15) is 13.8 Å². The SMILES string of the molecule is CC(C)Oc1cc(-c2nc(S/C(N)=C(/NN)C(=O)O)cs2)ccc1Cl. The number of hydrogen-bond donors (Lipinski definition) is 4. The Bertz CT molecular complexity index is 808. The number of thioether (sulfide) groups is 1. The van der Waals surface area contributed by atoms with Crippen LogP contribution < -0.4 is 21.7 Å². The molecule has 0 saturated carbocycles. The van der Waals surface area contributed by atoms with Crippen LogP contribution in [0.25, 0.3) is 10.6 Å². The molecule has 0 fully saturated rings. The third-order valence-corrected chi connectivity index (χ3v) is 5.04. The monoisotopic (exact) mass is 400 g/mol. The van der Waals surface area contributed by atoms with Crippen molar-refractivity contribution in [2.75, 3.05) is 0 Å². The molecule has 0 amide bonds. The van der Waals surface area contributed by atoms with Crippen LogP contribution in [-0.4, -0.2) is 22.2 Å². The Labute approximate surface area is 158 Å². The molecule has 2 aromatic rings. The van der Waals surface area contributed by atoms with E-state index in [1.165, 1.54) is 11.3 Å². The molecule has 1 heterocycles. The van der Waals surface area contributed by atoms with Crippen molar-refractivity contribution in [2.45, 2.75) is 25.0 Å². The second kappa shape index (κ2) is 8.43. The molecule has 0 unspecified atom stereocenters. The van der Waals surface area contributed by atoms with Gasteiger partial charge in [-0.05, 0) is 37.7 Å². The van der Waals surface area contributed by atoms with E-state index in [1.54, 1.807) is 11.4 Å². The number of halogens is 1. The number of thiazole rings is 1. The van der Waals surface area contributed by atoms with Gasteiger partial charge in [-0.15, -0.1) is 11.3 Å². The Morgan fingerprint density at radius 1 is 1.48 bits per heavy atom. The Morgan fingerprint density at radius 3 is 2.80 bits per heavy atom. The number of rotatable bonds is 7. The van der Waals surface area contributed by atoms with Gasteiger partial charge in [-0.2, -0.15) is 0 Å². The lowest BCUT2D eigenvalue weighted by Gasteiger charge is -2.12. The first-order valence-corrected chi connectivity index (χ1v) is 9.18. The minimum absolute atomic E-state index is 0.00157. The maximum atomic E-state index is 11.0. The summed E-state index contributed by atoms with van der Waals surface area (Å²) in [7, 11) is 0. The highest BCUT2D eigenvalue weighted by Crippen LogP contribution is 2.35. The highest BCUT2D eigenvalue weighted by atomic mass is 35.5. The molecule has 0 atom stereocenters. The molecule has 25 heavy (non-hydrogen) atoms. The molecule has 1 aromatic heterocycles. The minimum Gasteiger partial charge on any atom is -0.489 e. The van der Waals surface area contributed by atoms with Gasteiger partial charge in [0.2, 0.25) is 0 Å². The van der Waals surface area contributed by atoms with Crippen LogP contribution in [0.2, 0.25) is 5.02 Å². The van der Waals surface area contributed by atoms with Crippen LogP contribution >= 0.6 is 34.7 Å². The third-order valence-electron chi connectivity index (χ3n) is 2.84. The summed E-state index contributed by atoms with van der Waals surface area (Å²) < 4.78 is 5.68. The molecule has 7 nitrogen and oxygen atoms in total. The second-order valence-corrected chi connectivity index (χ2v) is 7.42. The van der Waals surface area contributed by atoms with Gasteiger partial charge in [0.05, 0.1) is 11.1 Å². The van der Waals surface area contributed by atoms with Gasteiger partial charge in [-0.25, -0.2) is 9.78 Å². The Morgan fingerprint density at radius 2 is 2.20 bits per heavy atom. The minimum atomic E-state index is -1.24. The van der Waals surface area contributed by atoms with Crippen LogP contribution in [0.3, 0.4) is 0 Å². The number of nitrogens with two attached hydrogens (primary N) is 2. The molecular weight excluding hydrogens is 384 g/mol. The quantitative estimate of drug-likeness (QED) is 0.242. The number of hydrogen-bond acceptors (Lipinski definition) is 8. The van der Waals surface area contributed by atoms with Gasteiger partial charge in [0, 0.05) is 10.9 Å². The predicted octanol–water partition coefficient (Wildman–Crippen LogP) is 3.02. The normalized spacial score (nSPS) is 12.0. The average molecular weight is 401 g/mol. The molecule has 0 bridgehead atoms. The number of aliphatic carboxylic acids is 1. The van der Waals surface area contributed by atoms with E-state index in [0.29, 0.717) is 15.8 Å². The van der Waals surface area contributed by atoms with E-state index >= 15 is 0 Å². The fraction of sp³-hybridized carbons (Fsp3) is 0.200. The van der Waals surface area contributed by atoms with Gasteiger partial charge in [-0.3, -0.25) is 5.84 Å². The van der Waals surface area contributed by atoms with Crippen LogP contribution in [0, 0.1) is 0 Å². The average Bonchev–Trinajstić information content (AvgIpc) is 2.97. The van der Waals surface area contributed by atoms with E-state index in [1.807, 2.05) is 26.0 Å². The van der Waals surface area contributed by atoms with Gasteiger partial charge in [0.1, 0.15) is 20.8 Å². The highest BCUT2D eigenvalue weighted by molar-refractivity contribution is 8.03. The van der Waals surface area contributed by atoms with Crippen molar-refractivity contribution in [3.8, 4) is 16.3 Å².